The molecule has 2 rings (SSSR count). The van der Waals surface area contributed by atoms with Gasteiger partial charge in [-0.3, -0.25) is 0 Å². The number of ether oxygens (including phenoxy) is 1. The van der Waals surface area contributed by atoms with Crippen LogP contribution in [0, 0.1) is 0 Å². The van der Waals surface area contributed by atoms with Gasteiger partial charge in [0.05, 0.1) is 12.3 Å². The second-order valence-corrected chi connectivity index (χ2v) is 4.45. The summed E-state index contributed by atoms with van der Waals surface area (Å²) in [7, 11) is 1.81. The highest BCUT2D eigenvalue weighted by molar-refractivity contribution is 5.54. The van der Waals surface area contributed by atoms with E-state index in [4.69, 9.17) is 15.6 Å². The number of nitrogens with two attached hydrogens (primary N) is 1. The first-order valence-corrected chi connectivity index (χ1v) is 6.34. The average Bonchev–Trinajstić information content (AvgIpc) is 2.67. The Balaban J connectivity index is 2.27. The van der Waals surface area contributed by atoms with Crippen molar-refractivity contribution in [2.75, 3.05) is 5.73 Å². The van der Waals surface area contributed by atoms with Gasteiger partial charge in [0.1, 0.15) is 11.4 Å². The van der Waals surface area contributed by atoms with Gasteiger partial charge in [0, 0.05) is 7.05 Å². The van der Waals surface area contributed by atoms with E-state index in [1.807, 2.05) is 18.2 Å². The zero-order chi connectivity index (χ0) is 13.8. The van der Waals surface area contributed by atoms with Gasteiger partial charge in [-0.25, -0.2) is 4.68 Å². The molecule has 0 aliphatic carbocycles. The van der Waals surface area contributed by atoms with Crippen molar-refractivity contribution in [1.82, 2.24) is 9.78 Å². The van der Waals surface area contributed by atoms with Crippen LogP contribution in [0.5, 0.6) is 11.6 Å². The first-order valence-electron chi connectivity index (χ1n) is 6.34. The van der Waals surface area contributed by atoms with E-state index in [2.05, 4.69) is 12.0 Å². The molecule has 102 valence electrons. The lowest BCUT2D eigenvalue weighted by atomic mass is 10.2. The second-order valence-electron chi connectivity index (χ2n) is 4.45. The van der Waals surface area contributed by atoms with Crippen molar-refractivity contribution >= 4 is 5.69 Å². The zero-order valence-corrected chi connectivity index (χ0v) is 11.3. The SMILES string of the molecule is CCCc1nn(C)c(Oc2cccc(CO)c2)c1N. The molecule has 19 heavy (non-hydrogen) atoms. The number of rotatable bonds is 5. The van der Waals surface area contributed by atoms with E-state index < -0.39 is 0 Å². The third-order valence-corrected chi connectivity index (χ3v) is 2.89. The van der Waals surface area contributed by atoms with E-state index in [-0.39, 0.29) is 6.61 Å². The van der Waals surface area contributed by atoms with Gasteiger partial charge < -0.3 is 15.6 Å². The van der Waals surface area contributed by atoms with Crippen LogP contribution in [-0.4, -0.2) is 14.9 Å². The standard InChI is InChI=1S/C14H19N3O2/c1-3-5-12-13(15)14(17(2)16-12)19-11-7-4-6-10(8-11)9-18/h4,6-8,18H,3,5,9,15H2,1-2H3. The molecule has 1 aromatic heterocycles. The van der Waals surface area contributed by atoms with Gasteiger partial charge >= 0.3 is 0 Å². The number of nitrogen functional groups attached to an aromatic ring is 1. The lowest BCUT2D eigenvalue weighted by molar-refractivity contribution is 0.281. The smallest absolute Gasteiger partial charge is 0.241 e. The van der Waals surface area contributed by atoms with Crippen molar-refractivity contribution in [2.24, 2.45) is 7.05 Å². The number of hydrogen-bond acceptors (Lipinski definition) is 4. The predicted molar refractivity (Wildman–Crippen MR) is 74.1 cm³/mol. The maximum absolute atomic E-state index is 9.11. The Morgan fingerprint density at radius 2 is 2.21 bits per heavy atom. The molecule has 3 N–H and O–H groups in total. The number of aliphatic hydroxyl groups excluding tert-OH is 1. The van der Waals surface area contributed by atoms with Crippen molar-refractivity contribution < 1.29 is 9.84 Å². The zero-order valence-electron chi connectivity index (χ0n) is 11.3. The predicted octanol–water partition coefficient (Wildman–Crippen LogP) is 2.24. The van der Waals surface area contributed by atoms with Gasteiger partial charge in [0.25, 0.3) is 0 Å². The molecule has 0 aliphatic heterocycles. The molecule has 0 aliphatic rings. The highest BCUT2D eigenvalue weighted by atomic mass is 16.5. The molecule has 0 fully saturated rings. The molecule has 1 heterocycles. The van der Waals surface area contributed by atoms with Crippen LogP contribution in [-0.2, 0) is 20.1 Å². The molecule has 0 atom stereocenters. The Bertz CT molecular complexity index is 564. The fourth-order valence-electron chi connectivity index (χ4n) is 1.94. The molecular weight excluding hydrogens is 242 g/mol. The summed E-state index contributed by atoms with van der Waals surface area (Å²) in [4.78, 5) is 0. The van der Waals surface area contributed by atoms with Crippen molar-refractivity contribution in [1.29, 1.82) is 0 Å². The number of aromatic nitrogens is 2. The van der Waals surface area contributed by atoms with Gasteiger partial charge in [-0.2, -0.15) is 5.10 Å². The Morgan fingerprint density at radius 1 is 1.42 bits per heavy atom. The van der Waals surface area contributed by atoms with E-state index in [9.17, 15) is 0 Å². The minimum atomic E-state index is -0.0147. The second kappa shape index (κ2) is 5.75. The maximum atomic E-state index is 9.11. The van der Waals surface area contributed by atoms with E-state index >= 15 is 0 Å². The maximum Gasteiger partial charge on any atom is 0.241 e. The molecule has 0 amide bonds. The molecule has 2 aromatic rings. The van der Waals surface area contributed by atoms with Crippen molar-refractivity contribution in [3.05, 3.63) is 35.5 Å². The first-order chi connectivity index (χ1) is 9.15. The Hall–Kier alpha value is -2.01. The topological polar surface area (TPSA) is 73.3 Å². The third kappa shape index (κ3) is 2.88. The molecule has 0 bridgehead atoms. The quantitative estimate of drug-likeness (QED) is 0.865. The number of hydrogen-bond donors (Lipinski definition) is 2. The molecule has 0 saturated carbocycles. The van der Waals surface area contributed by atoms with Gasteiger partial charge in [-0.1, -0.05) is 25.5 Å². The largest absolute Gasteiger partial charge is 0.437 e. The number of aliphatic hydroxyl groups is 1. The fourth-order valence-corrected chi connectivity index (χ4v) is 1.94. The van der Waals surface area contributed by atoms with Crippen LogP contribution in [0.25, 0.3) is 0 Å². The van der Waals surface area contributed by atoms with Crippen molar-refractivity contribution in [3.8, 4) is 11.6 Å². The fraction of sp³-hybridized carbons (Fsp3) is 0.357. The number of benzene rings is 1. The van der Waals surface area contributed by atoms with Crippen LogP contribution in [0.2, 0.25) is 0 Å². The molecule has 1 aromatic carbocycles. The van der Waals surface area contributed by atoms with Crippen molar-refractivity contribution in [3.63, 3.8) is 0 Å². The summed E-state index contributed by atoms with van der Waals surface area (Å²) in [5, 5.41) is 13.5. The lowest BCUT2D eigenvalue weighted by Gasteiger charge is -2.07. The molecular formula is C14H19N3O2. The number of anilines is 1. The summed E-state index contributed by atoms with van der Waals surface area (Å²) in [5.74, 6) is 1.18. The third-order valence-electron chi connectivity index (χ3n) is 2.89. The van der Waals surface area contributed by atoms with Gasteiger partial charge in [-0.05, 0) is 24.1 Å². The van der Waals surface area contributed by atoms with Crippen molar-refractivity contribution in [2.45, 2.75) is 26.4 Å². The van der Waals surface area contributed by atoms with Gasteiger partial charge in [0.2, 0.25) is 5.88 Å². The molecule has 0 radical (unpaired) electrons. The summed E-state index contributed by atoms with van der Waals surface area (Å²) in [6, 6.07) is 7.28. The van der Waals surface area contributed by atoms with Crippen LogP contribution in [0.15, 0.2) is 24.3 Å². The van der Waals surface area contributed by atoms with Crippen LogP contribution < -0.4 is 10.5 Å². The molecule has 0 saturated heterocycles. The monoisotopic (exact) mass is 261 g/mol. The van der Waals surface area contributed by atoms with E-state index in [0.717, 1.165) is 24.1 Å². The number of aryl methyl sites for hydroxylation is 2. The Morgan fingerprint density at radius 3 is 2.89 bits per heavy atom. The Labute approximate surface area is 112 Å². The molecule has 5 nitrogen and oxygen atoms in total. The van der Waals surface area contributed by atoms with Crippen LogP contribution >= 0.6 is 0 Å². The van der Waals surface area contributed by atoms with Gasteiger partial charge in [0.15, 0.2) is 0 Å². The normalized spacial score (nSPS) is 10.7. The summed E-state index contributed by atoms with van der Waals surface area (Å²) in [6.07, 6.45) is 1.82. The van der Waals surface area contributed by atoms with Crippen LogP contribution in [0.3, 0.4) is 0 Å². The lowest BCUT2D eigenvalue weighted by Crippen LogP contribution is -1.97. The van der Waals surface area contributed by atoms with E-state index in [1.54, 1.807) is 17.8 Å². The van der Waals surface area contributed by atoms with Gasteiger partial charge in [-0.15, -0.1) is 0 Å². The van der Waals surface area contributed by atoms with Crippen LogP contribution in [0.4, 0.5) is 5.69 Å². The molecule has 0 spiro atoms. The van der Waals surface area contributed by atoms with E-state index in [1.165, 1.54) is 0 Å². The summed E-state index contributed by atoms with van der Waals surface area (Å²) in [5.41, 5.74) is 8.29. The Kier molecular flexibility index (Phi) is 4.06. The average molecular weight is 261 g/mol. The minimum Gasteiger partial charge on any atom is -0.437 e. The summed E-state index contributed by atoms with van der Waals surface area (Å²) in [6.45, 7) is 2.07. The molecule has 0 unspecified atom stereocenters. The van der Waals surface area contributed by atoms with Crippen LogP contribution in [0.1, 0.15) is 24.6 Å². The highest BCUT2D eigenvalue weighted by Crippen LogP contribution is 2.30. The van der Waals surface area contributed by atoms with E-state index in [0.29, 0.717) is 17.3 Å². The number of nitrogens with zero attached hydrogens (tertiary/aromatic N) is 2. The first kappa shape index (κ1) is 13.4. The minimum absolute atomic E-state index is 0.0147. The summed E-state index contributed by atoms with van der Waals surface area (Å²) >= 11 is 0. The molecule has 5 heteroatoms. The highest BCUT2D eigenvalue weighted by Gasteiger charge is 2.14. The summed E-state index contributed by atoms with van der Waals surface area (Å²) < 4.78 is 7.42.